The number of hydrogen-bond donors (Lipinski definition) is 1. The molecule has 2 aromatic carbocycles. The Kier molecular flexibility index (Phi) is 7.21. The standard InChI is InChI=1S/C27H25ClN2O2/c28-24-14-11-22(12-15-24)23-13-16-25(29-18-23)5-2-1-4-20-7-9-21(10-8-20)19-30-17-3-6-26(30)27(31)32/h7-16,18,26H,1,3-4,6,17,19H2,(H,31,32)/t26-/m0/s1. The molecule has 3 aromatic rings. The summed E-state index contributed by atoms with van der Waals surface area (Å²) in [4.78, 5) is 17.8. The molecule has 1 atom stereocenters. The molecular weight excluding hydrogens is 420 g/mol. The zero-order chi connectivity index (χ0) is 22.3. The summed E-state index contributed by atoms with van der Waals surface area (Å²) >= 11 is 5.94. The van der Waals surface area contributed by atoms with Crippen LogP contribution >= 0.6 is 11.6 Å². The molecule has 2 heterocycles. The molecular formula is C27H25ClN2O2. The molecule has 0 aliphatic carbocycles. The second-order valence-electron chi connectivity index (χ2n) is 8.02. The first-order valence-corrected chi connectivity index (χ1v) is 11.2. The number of nitrogens with zero attached hydrogens (tertiary/aromatic N) is 2. The van der Waals surface area contributed by atoms with Crippen LogP contribution in [0.3, 0.4) is 0 Å². The zero-order valence-corrected chi connectivity index (χ0v) is 18.6. The molecule has 1 fully saturated rings. The molecule has 0 bridgehead atoms. The Bertz CT molecular complexity index is 1110. The van der Waals surface area contributed by atoms with Gasteiger partial charge in [0.25, 0.3) is 0 Å². The lowest BCUT2D eigenvalue weighted by Crippen LogP contribution is -2.35. The van der Waals surface area contributed by atoms with Crippen molar-refractivity contribution in [2.24, 2.45) is 0 Å². The average Bonchev–Trinajstić information content (AvgIpc) is 3.27. The largest absolute Gasteiger partial charge is 0.480 e. The number of aromatic nitrogens is 1. The number of carboxylic acids is 1. The third-order valence-electron chi connectivity index (χ3n) is 5.75. The molecule has 1 aliphatic heterocycles. The van der Waals surface area contributed by atoms with E-state index in [1.165, 1.54) is 5.56 Å². The number of halogens is 1. The highest BCUT2D eigenvalue weighted by Crippen LogP contribution is 2.22. The van der Waals surface area contributed by atoms with E-state index < -0.39 is 5.97 Å². The second kappa shape index (κ2) is 10.5. The van der Waals surface area contributed by atoms with Crippen molar-refractivity contribution in [1.29, 1.82) is 0 Å². The van der Waals surface area contributed by atoms with E-state index in [-0.39, 0.29) is 6.04 Å². The number of rotatable bonds is 6. The Morgan fingerprint density at radius 2 is 1.75 bits per heavy atom. The SMILES string of the molecule is O=C(O)[C@@H]1CCCN1Cc1ccc(CCC#Cc2ccc(-c3ccc(Cl)cc3)cn2)cc1. The van der Waals surface area contributed by atoms with Gasteiger partial charge in [-0.05, 0) is 66.6 Å². The number of benzene rings is 2. The number of aliphatic carboxylic acids is 1. The van der Waals surface area contributed by atoms with E-state index in [1.807, 2.05) is 47.5 Å². The summed E-state index contributed by atoms with van der Waals surface area (Å²) in [5, 5.41) is 10.0. The first kappa shape index (κ1) is 22.1. The Balaban J connectivity index is 1.28. The molecule has 0 spiro atoms. The fourth-order valence-electron chi connectivity index (χ4n) is 3.98. The van der Waals surface area contributed by atoms with Gasteiger partial charge in [-0.1, -0.05) is 60.0 Å². The van der Waals surface area contributed by atoms with E-state index in [4.69, 9.17) is 11.6 Å². The Morgan fingerprint density at radius 3 is 2.44 bits per heavy atom. The number of likely N-dealkylation sites (tertiary alicyclic amines) is 1. The number of carboxylic acid groups (broad SMARTS) is 1. The van der Waals surface area contributed by atoms with Crippen LogP contribution in [-0.2, 0) is 17.8 Å². The fourth-order valence-corrected chi connectivity index (χ4v) is 4.11. The van der Waals surface area contributed by atoms with Gasteiger partial charge in [-0.15, -0.1) is 0 Å². The molecule has 4 rings (SSSR count). The molecule has 1 aromatic heterocycles. The Morgan fingerprint density at radius 1 is 1.03 bits per heavy atom. The maximum Gasteiger partial charge on any atom is 0.320 e. The molecule has 1 N–H and O–H groups in total. The van der Waals surface area contributed by atoms with Crippen LogP contribution in [-0.4, -0.2) is 33.5 Å². The molecule has 5 heteroatoms. The Hall–Kier alpha value is -3.13. The van der Waals surface area contributed by atoms with Crippen molar-refractivity contribution in [2.75, 3.05) is 6.54 Å². The van der Waals surface area contributed by atoms with E-state index in [2.05, 4.69) is 41.1 Å². The fraction of sp³-hybridized carbons (Fsp3) is 0.259. The molecule has 1 aliphatic rings. The Labute approximate surface area is 193 Å². The van der Waals surface area contributed by atoms with Gasteiger partial charge in [0.1, 0.15) is 11.7 Å². The van der Waals surface area contributed by atoms with E-state index >= 15 is 0 Å². The molecule has 4 nitrogen and oxygen atoms in total. The third-order valence-corrected chi connectivity index (χ3v) is 6.01. The third kappa shape index (κ3) is 5.76. The van der Waals surface area contributed by atoms with Gasteiger partial charge in [0.15, 0.2) is 0 Å². The summed E-state index contributed by atoms with van der Waals surface area (Å²) in [5.74, 6) is 5.62. The molecule has 0 radical (unpaired) electrons. The van der Waals surface area contributed by atoms with Crippen LogP contribution in [0.4, 0.5) is 0 Å². The summed E-state index contributed by atoms with van der Waals surface area (Å²) in [7, 11) is 0. The van der Waals surface area contributed by atoms with E-state index in [9.17, 15) is 9.90 Å². The number of hydrogen-bond acceptors (Lipinski definition) is 3. The van der Waals surface area contributed by atoms with Crippen molar-refractivity contribution < 1.29 is 9.90 Å². The summed E-state index contributed by atoms with van der Waals surface area (Å²) in [6.45, 7) is 1.54. The van der Waals surface area contributed by atoms with Crippen molar-refractivity contribution in [3.8, 4) is 23.0 Å². The van der Waals surface area contributed by atoms with Gasteiger partial charge in [0.2, 0.25) is 0 Å². The quantitative estimate of drug-likeness (QED) is 0.514. The van der Waals surface area contributed by atoms with Gasteiger partial charge in [-0.2, -0.15) is 0 Å². The van der Waals surface area contributed by atoms with Gasteiger partial charge in [0, 0.05) is 29.7 Å². The molecule has 0 unspecified atom stereocenters. The predicted molar refractivity (Wildman–Crippen MR) is 127 cm³/mol. The molecule has 32 heavy (non-hydrogen) atoms. The number of carbonyl (C=O) groups is 1. The van der Waals surface area contributed by atoms with Gasteiger partial charge in [0.05, 0.1) is 0 Å². The van der Waals surface area contributed by atoms with Crippen LogP contribution < -0.4 is 0 Å². The van der Waals surface area contributed by atoms with Gasteiger partial charge in [-0.3, -0.25) is 9.69 Å². The maximum absolute atomic E-state index is 11.3. The summed E-state index contributed by atoms with van der Waals surface area (Å²) in [5.41, 5.74) is 5.25. The smallest absolute Gasteiger partial charge is 0.320 e. The van der Waals surface area contributed by atoms with Crippen molar-refractivity contribution in [3.63, 3.8) is 0 Å². The lowest BCUT2D eigenvalue weighted by molar-refractivity contribution is -0.142. The van der Waals surface area contributed by atoms with Crippen molar-refractivity contribution in [2.45, 2.75) is 38.3 Å². The number of pyridine rings is 1. The first-order chi connectivity index (χ1) is 15.6. The maximum atomic E-state index is 11.3. The van der Waals surface area contributed by atoms with Crippen LogP contribution in [0.25, 0.3) is 11.1 Å². The van der Waals surface area contributed by atoms with Crippen LogP contribution in [0, 0.1) is 11.8 Å². The van der Waals surface area contributed by atoms with Gasteiger partial charge < -0.3 is 5.11 Å². The molecule has 1 saturated heterocycles. The minimum atomic E-state index is -0.716. The second-order valence-corrected chi connectivity index (χ2v) is 8.46. The van der Waals surface area contributed by atoms with Crippen molar-refractivity contribution >= 4 is 17.6 Å². The monoisotopic (exact) mass is 444 g/mol. The average molecular weight is 445 g/mol. The van der Waals surface area contributed by atoms with Gasteiger partial charge >= 0.3 is 5.97 Å². The minimum absolute atomic E-state index is 0.348. The lowest BCUT2D eigenvalue weighted by Gasteiger charge is -2.21. The van der Waals surface area contributed by atoms with Gasteiger partial charge in [-0.25, -0.2) is 4.98 Å². The zero-order valence-electron chi connectivity index (χ0n) is 17.8. The summed E-state index contributed by atoms with van der Waals surface area (Å²) in [6, 6.07) is 19.7. The van der Waals surface area contributed by atoms with E-state index in [1.54, 1.807) is 0 Å². The van der Waals surface area contributed by atoms with Crippen LogP contribution in [0.2, 0.25) is 5.02 Å². The predicted octanol–water partition coefficient (Wildman–Crippen LogP) is 5.44. The normalized spacial score (nSPS) is 15.8. The van der Waals surface area contributed by atoms with Crippen LogP contribution in [0.15, 0.2) is 66.9 Å². The van der Waals surface area contributed by atoms with Crippen LogP contribution in [0.1, 0.15) is 36.1 Å². The highest BCUT2D eigenvalue weighted by atomic mass is 35.5. The summed E-state index contributed by atoms with van der Waals surface area (Å²) < 4.78 is 0. The topological polar surface area (TPSA) is 53.4 Å². The molecule has 0 amide bonds. The number of aryl methyl sites for hydroxylation is 1. The summed E-state index contributed by atoms with van der Waals surface area (Å²) in [6.07, 6.45) is 5.16. The highest BCUT2D eigenvalue weighted by molar-refractivity contribution is 6.30. The van der Waals surface area contributed by atoms with E-state index in [0.29, 0.717) is 6.54 Å². The van der Waals surface area contributed by atoms with Crippen LogP contribution in [0.5, 0.6) is 0 Å². The van der Waals surface area contributed by atoms with E-state index in [0.717, 1.165) is 59.6 Å². The first-order valence-electron chi connectivity index (χ1n) is 10.8. The van der Waals surface area contributed by atoms with Crippen molar-refractivity contribution in [3.05, 3.63) is 88.7 Å². The highest BCUT2D eigenvalue weighted by Gasteiger charge is 2.30. The molecule has 162 valence electrons. The minimum Gasteiger partial charge on any atom is -0.480 e. The lowest BCUT2D eigenvalue weighted by atomic mass is 10.1. The molecule has 0 saturated carbocycles. The van der Waals surface area contributed by atoms with Crippen molar-refractivity contribution in [1.82, 2.24) is 9.88 Å².